The fourth-order valence-corrected chi connectivity index (χ4v) is 4.55. The van der Waals surface area contributed by atoms with Gasteiger partial charge in [-0.1, -0.05) is 6.07 Å². The van der Waals surface area contributed by atoms with Crippen molar-refractivity contribution in [1.29, 1.82) is 0 Å². The highest BCUT2D eigenvalue weighted by molar-refractivity contribution is 7.92. The van der Waals surface area contributed by atoms with Crippen LogP contribution in [0.1, 0.15) is 28.8 Å². The number of nitrogens with zero attached hydrogens (tertiary/aromatic N) is 2. The van der Waals surface area contributed by atoms with Gasteiger partial charge in [0.25, 0.3) is 11.6 Å². The van der Waals surface area contributed by atoms with E-state index in [1.165, 1.54) is 16.4 Å². The molecule has 0 aromatic heterocycles. The van der Waals surface area contributed by atoms with E-state index in [4.69, 9.17) is 0 Å². The Kier molecular flexibility index (Phi) is 5.13. The number of hydrogen-bond acceptors (Lipinski definition) is 5. The van der Waals surface area contributed by atoms with Gasteiger partial charge in [0.1, 0.15) is 0 Å². The molecule has 0 unspecified atom stereocenters. The van der Waals surface area contributed by atoms with Crippen LogP contribution < -0.4 is 9.62 Å². The number of carbonyl (C=O) groups excluding carboxylic acids is 1. The maximum Gasteiger partial charge on any atom is 0.271 e. The second-order valence-electron chi connectivity index (χ2n) is 6.35. The number of nitro benzene ring substituents is 1. The van der Waals surface area contributed by atoms with Crippen molar-refractivity contribution in [2.24, 2.45) is 0 Å². The van der Waals surface area contributed by atoms with Gasteiger partial charge >= 0.3 is 0 Å². The van der Waals surface area contributed by atoms with Crippen LogP contribution in [0.15, 0.2) is 42.5 Å². The Morgan fingerprint density at radius 2 is 1.85 bits per heavy atom. The first-order valence-electron chi connectivity index (χ1n) is 8.45. The van der Waals surface area contributed by atoms with E-state index in [9.17, 15) is 23.3 Å². The Morgan fingerprint density at radius 1 is 1.15 bits per heavy atom. The molecule has 0 radical (unpaired) electrons. The van der Waals surface area contributed by atoms with Crippen LogP contribution in [0.4, 0.5) is 17.1 Å². The summed E-state index contributed by atoms with van der Waals surface area (Å²) in [5.41, 5.74) is 1.81. The summed E-state index contributed by atoms with van der Waals surface area (Å²) >= 11 is 0. The molecule has 0 bridgehead atoms. The summed E-state index contributed by atoms with van der Waals surface area (Å²) in [5, 5.41) is 13.6. The van der Waals surface area contributed by atoms with E-state index in [-0.39, 0.29) is 11.4 Å². The molecule has 8 nitrogen and oxygen atoms in total. The van der Waals surface area contributed by atoms with Crippen LogP contribution in [-0.2, 0) is 10.0 Å². The molecule has 142 valence electrons. The third kappa shape index (κ3) is 4.08. The summed E-state index contributed by atoms with van der Waals surface area (Å²) in [6, 6.07) is 10.5. The van der Waals surface area contributed by atoms with Crippen molar-refractivity contribution in [2.45, 2.75) is 19.8 Å². The molecule has 3 rings (SSSR count). The molecule has 1 amide bonds. The van der Waals surface area contributed by atoms with E-state index in [1.54, 1.807) is 37.3 Å². The average Bonchev–Trinajstić information content (AvgIpc) is 2.63. The molecule has 1 N–H and O–H groups in total. The number of rotatable bonds is 4. The molecule has 0 atom stereocenters. The van der Waals surface area contributed by atoms with Gasteiger partial charge in [0.2, 0.25) is 10.0 Å². The van der Waals surface area contributed by atoms with E-state index in [2.05, 4.69) is 5.32 Å². The maximum absolute atomic E-state index is 12.4. The van der Waals surface area contributed by atoms with Crippen LogP contribution in [0.3, 0.4) is 0 Å². The lowest BCUT2D eigenvalue weighted by molar-refractivity contribution is -0.384. The number of nitrogens with one attached hydrogen (secondary N) is 1. The van der Waals surface area contributed by atoms with Gasteiger partial charge in [-0.15, -0.1) is 0 Å². The van der Waals surface area contributed by atoms with Crippen LogP contribution in [0, 0.1) is 17.0 Å². The Bertz CT molecular complexity index is 987. The standard InChI is InChI=1S/C18H19N3O5S/c1-13-4-7-16(21(23)24)12-17(13)19-18(22)14-5-8-15(9-6-14)20-10-2-3-11-27(20,25)26/h4-9,12H,2-3,10-11H2,1H3,(H,19,22). The molecule has 9 heteroatoms. The Labute approximate surface area is 157 Å². The maximum atomic E-state index is 12.4. The van der Waals surface area contributed by atoms with Gasteiger partial charge in [-0.05, 0) is 49.6 Å². The summed E-state index contributed by atoms with van der Waals surface area (Å²) in [6.45, 7) is 2.17. The zero-order chi connectivity index (χ0) is 19.6. The lowest BCUT2D eigenvalue weighted by Crippen LogP contribution is -2.37. The zero-order valence-electron chi connectivity index (χ0n) is 14.7. The first kappa shape index (κ1) is 18.8. The predicted octanol–water partition coefficient (Wildman–Crippen LogP) is 3.09. The van der Waals surface area contributed by atoms with Crippen molar-refractivity contribution >= 4 is 33.0 Å². The van der Waals surface area contributed by atoms with Crippen LogP contribution in [0.2, 0.25) is 0 Å². The number of carbonyl (C=O) groups is 1. The summed E-state index contributed by atoms with van der Waals surface area (Å²) in [5.74, 6) is -0.298. The largest absolute Gasteiger partial charge is 0.321 e. The SMILES string of the molecule is Cc1ccc([N+](=O)[O-])cc1NC(=O)c1ccc(N2CCCCS2(=O)=O)cc1. The van der Waals surface area contributed by atoms with Crippen molar-refractivity contribution in [3.8, 4) is 0 Å². The van der Waals surface area contributed by atoms with E-state index in [0.29, 0.717) is 35.5 Å². The van der Waals surface area contributed by atoms with Gasteiger partial charge in [0.05, 0.1) is 22.1 Å². The number of hydrogen-bond donors (Lipinski definition) is 1. The first-order chi connectivity index (χ1) is 12.8. The van der Waals surface area contributed by atoms with Crippen LogP contribution in [-0.4, -0.2) is 31.5 Å². The van der Waals surface area contributed by atoms with E-state index >= 15 is 0 Å². The lowest BCUT2D eigenvalue weighted by Gasteiger charge is -2.28. The molecule has 1 heterocycles. The van der Waals surface area contributed by atoms with Crippen LogP contribution in [0.5, 0.6) is 0 Å². The van der Waals surface area contributed by atoms with Gasteiger partial charge in [-0.25, -0.2) is 8.42 Å². The number of non-ortho nitro benzene ring substituents is 1. The fraction of sp³-hybridized carbons (Fsp3) is 0.278. The highest BCUT2D eigenvalue weighted by Gasteiger charge is 2.26. The molecule has 1 aliphatic rings. The molecule has 2 aromatic rings. The molecule has 1 aliphatic heterocycles. The summed E-state index contributed by atoms with van der Waals surface area (Å²) in [4.78, 5) is 22.8. The normalized spacial score (nSPS) is 16.0. The van der Waals surface area contributed by atoms with E-state index in [1.807, 2.05) is 0 Å². The van der Waals surface area contributed by atoms with Crippen LogP contribution in [0.25, 0.3) is 0 Å². The Hall–Kier alpha value is -2.94. The lowest BCUT2D eigenvalue weighted by atomic mass is 10.1. The highest BCUT2D eigenvalue weighted by Crippen LogP contribution is 2.25. The summed E-state index contributed by atoms with van der Waals surface area (Å²) in [7, 11) is -3.31. The minimum absolute atomic E-state index is 0.110. The molecular formula is C18H19N3O5S. The number of benzene rings is 2. The topological polar surface area (TPSA) is 110 Å². The third-order valence-corrected chi connectivity index (χ3v) is 6.32. The zero-order valence-corrected chi connectivity index (χ0v) is 15.5. The molecular weight excluding hydrogens is 370 g/mol. The second kappa shape index (κ2) is 7.36. The number of nitro groups is 1. The molecule has 0 saturated carbocycles. The molecule has 2 aromatic carbocycles. The molecule has 27 heavy (non-hydrogen) atoms. The number of anilines is 2. The highest BCUT2D eigenvalue weighted by atomic mass is 32.2. The van der Waals surface area contributed by atoms with E-state index < -0.39 is 20.9 Å². The van der Waals surface area contributed by atoms with Crippen molar-refractivity contribution in [3.63, 3.8) is 0 Å². The molecule has 0 aliphatic carbocycles. The van der Waals surface area contributed by atoms with Crippen molar-refractivity contribution in [1.82, 2.24) is 0 Å². The van der Waals surface area contributed by atoms with Crippen molar-refractivity contribution < 1.29 is 18.1 Å². The fourth-order valence-electron chi connectivity index (χ4n) is 2.91. The second-order valence-corrected chi connectivity index (χ2v) is 8.37. The average molecular weight is 389 g/mol. The van der Waals surface area contributed by atoms with Gasteiger partial charge in [0.15, 0.2) is 0 Å². The van der Waals surface area contributed by atoms with Crippen molar-refractivity contribution in [2.75, 3.05) is 21.9 Å². The van der Waals surface area contributed by atoms with E-state index in [0.717, 1.165) is 6.42 Å². The molecule has 0 spiro atoms. The van der Waals surface area contributed by atoms with Gasteiger partial charge in [0, 0.05) is 24.2 Å². The predicted molar refractivity (Wildman–Crippen MR) is 103 cm³/mol. The van der Waals surface area contributed by atoms with Crippen molar-refractivity contribution in [3.05, 3.63) is 63.7 Å². The molecule has 1 fully saturated rings. The quantitative estimate of drug-likeness (QED) is 0.638. The van der Waals surface area contributed by atoms with Crippen LogP contribution >= 0.6 is 0 Å². The third-order valence-electron chi connectivity index (χ3n) is 4.45. The number of aryl methyl sites for hydroxylation is 1. The van der Waals surface area contributed by atoms with Gasteiger partial charge < -0.3 is 5.32 Å². The summed E-state index contributed by atoms with van der Waals surface area (Å²) in [6.07, 6.45) is 1.45. The number of sulfonamides is 1. The van der Waals surface area contributed by atoms with Gasteiger partial charge in [-0.3, -0.25) is 19.2 Å². The minimum Gasteiger partial charge on any atom is -0.321 e. The Morgan fingerprint density at radius 3 is 2.48 bits per heavy atom. The smallest absolute Gasteiger partial charge is 0.271 e. The number of amides is 1. The Balaban J connectivity index is 1.79. The first-order valence-corrected chi connectivity index (χ1v) is 10.1. The molecule has 1 saturated heterocycles. The van der Waals surface area contributed by atoms with Gasteiger partial charge in [-0.2, -0.15) is 0 Å². The monoisotopic (exact) mass is 389 g/mol. The minimum atomic E-state index is -3.31. The summed E-state index contributed by atoms with van der Waals surface area (Å²) < 4.78 is 25.7.